The van der Waals surface area contributed by atoms with Crippen molar-refractivity contribution in [1.82, 2.24) is 24.9 Å². The van der Waals surface area contributed by atoms with Gasteiger partial charge in [-0.1, -0.05) is 24.1 Å². The normalized spacial score (nSPS) is 23.4. The monoisotopic (exact) mass is 425 g/mol. The standard InChI is InChI=1S/C23H31N5O3/c1-17-8-9-18(24-15-17)19-16-27(26-25-19)12-4-7-21(29)28-13-5-11-23(14-22(30)31)10-3-2-6-20(23)28/h8-9,15-16,20H,2-7,10-14H2,1H3,(H,30,31)/t20-,23+/m0/s1. The molecule has 1 amide bonds. The van der Waals surface area contributed by atoms with Crippen LogP contribution in [0.5, 0.6) is 0 Å². The Labute approximate surface area is 182 Å². The number of fused-ring (bicyclic) bond motifs is 1. The van der Waals surface area contributed by atoms with Crippen LogP contribution in [0.25, 0.3) is 11.4 Å². The van der Waals surface area contributed by atoms with Crippen LogP contribution < -0.4 is 0 Å². The third-order valence-electron chi connectivity index (χ3n) is 6.87. The number of carbonyl (C=O) groups excluding carboxylic acids is 1. The fourth-order valence-electron chi connectivity index (χ4n) is 5.40. The summed E-state index contributed by atoms with van der Waals surface area (Å²) in [6.07, 6.45) is 10.8. The number of hydrogen-bond donors (Lipinski definition) is 1. The Bertz CT molecular complexity index is 922. The van der Waals surface area contributed by atoms with Crippen LogP contribution in [0.15, 0.2) is 24.5 Å². The van der Waals surface area contributed by atoms with Crippen LogP contribution in [0.1, 0.15) is 63.4 Å². The van der Waals surface area contributed by atoms with Crippen molar-refractivity contribution in [1.29, 1.82) is 0 Å². The molecule has 2 aromatic rings. The molecule has 1 aliphatic heterocycles. The summed E-state index contributed by atoms with van der Waals surface area (Å²) in [7, 11) is 0. The molecule has 1 aliphatic carbocycles. The Morgan fingerprint density at radius 1 is 1.19 bits per heavy atom. The zero-order valence-corrected chi connectivity index (χ0v) is 18.2. The van der Waals surface area contributed by atoms with Gasteiger partial charge in [-0.25, -0.2) is 0 Å². The number of aliphatic carboxylic acids is 1. The molecule has 166 valence electrons. The Hall–Kier alpha value is -2.77. The fourth-order valence-corrected chi connectivity index (χ4v) is 5.40. The van der Waals surface area contributed by atoms with Crippen molar-refractivity contribution in [2.75, 3.05) is 6.54 Å². The Morgan fingerprint density at radius 2 is 2.03 bits per heavy atom. The predicted molar refractivity (Wildman–Crippen MR) is 115 cm³/mol. The van der Waals surface area contributed by atoms with Crippen molar-refractivity contribution >= 4 is 11.9 Å². The SMILES string of the molecule is Cc1ccc(-c2cn(CCCC(=O)N3CCC[C@@]4(CC(=O)O)CCCC[C@H]34)nn2)nc1. The lowest BCUT2D eigenvalue weighted by molar-refractivity contribution is -0.151. The predicted octanol–water partition coefficient (Wildman–Crippen LogP) is 3.45. The highest BCUT2D eigenvalue weighted by Gasteiger charge is 2.48. The highest BCUT2D eigenvalue weighted by atomic mass is 16.4. The smallest absolute Gasteiger partial charge is 0.303 e. The maximum absolute atomic E-state index is 13.1. The van der Waals surface area contributed by atoms with E-state index in [-0.39, 0.29) is 23.8 Å². The number of rotatable bonds is 7. The number of nitrogens with zero attached hydrogens (tertiary/aromatic N) is 5. The molecule has 2 aliphatic rings. The van der Waals surface area contributed by atoms with Gasteiger partial charge in [0.25, 0.3) is 0 Å². The van der Waals surface area contributed by atoms with Gasteiger partial charge in [0, 0.05) is 37.2 Å². The molecule has 4 rings (SSSR count). The molecule has 0 bridgehead atoms. The fraction of sp³-hybridized carbons (Fsp3) is 0.609. The second-order valence-corrected chi connectivity index (χ2v) is 9.08. The van der Waals surface area contributed by atoms with E-state index in [1.54, 1.807) is 10.9 Å². The summed E-state index contributed by atoms with van der Waals surface area (Å²) in [5.74, 6) is -0.604. The number of carboxylic acid groups (broad SMARTS) is 1. The average Bonchev–Trinajstić information content (AvgIpc) is 3.22. The van der Waals surface area contributed by atoms with E-state index in [9.17, 15) is 14.7 Å². The van der Waals surface area contributed by atoms with Crippen LogP contribution in [0.2, 0.25) is 0 Å². The molecule has 8 nitrogen and oxygen atoms in total. The van der Waals surface area contributed by atoms with Crippen LogP contribution in [0.3, 0.4) is 0 Å². The van der Waals surface area contributed by atoms with E-state index in [1.807, 2.05) is 30.2 Å². The minimum Gasteiger partial charge on any atom is -0.481 e. The topological polar surface area (TPSA) is 101 Å². The molecular weight excluding hydrogens is 394 g/mol. The van der Waals surface area contributed by atoms with Gasteiger partial charge >= 0.3 is 5.97 Å². The first-order chi connectivity index (χ1) is 15.0. The summed E-state index contributed by atoms with van der Waals surface area (Å²) in [5.41, 5.74) is 2.37. The zero-order valence-electron chi connectivity index (χ0n) is 18.2. The molecule has 3 heterocycles. The van der Waals surface area contributed by atoms with Crippen LogP contribution in [-0.4, -0.2) is 54.4 Å². The van der Waals surface area contributed by atoms with Crippen molar-refractivity contribution < 1.29 is 14.7 Å². The van der Waals surface area contributed by atoms with Crippen molar-refractivity contribution in [2.45, 2.75) is 77.3 Å². The number of pyridine rings is 1. The van der Waals surface area contributed by atoms with Crippen molar-refractivity contribution in [3.05, 3.63) is 30.1 Å². The van der Waals surface area contributed by atoms with Gasteiger partial charge in [0.2, 0.25) is 5.91 Å². The number of aromatic nitrogens is 4. The number of carbonyl (C=O) groups is 2. The van der Waals surface area contributed by atoms with E-state index in [0.717, 1.165) is 62.0 Å². The number of carboxylic acids is 1. The lowest BCUT2D eigenvalue weighted by Gasteiger charge is -2.52. The largest absolute Gasteiger partial charge is 0.481 e. The lowest BCUT2D eigenvalue weighted by atomic mass is 9.63. The summed E-state index contributed by atoms with van der Waals surface area (Å²) in [6, 6.07) is 4.00. The molecular formula is C23H31N5O3. The summed E-state index contributed by atoms with van der Waals surface area (Å²) >= 11 is 0. The van der Waals surface area contributed by atoms with E-state index in [1.165, 1.54) is 0 Å². The second-order valence-electron chi connectivity index (χ2n) is 9.08. The molecule has 31 heavy (non-hydrogen) atoms. The first-order valence-corrected chi connectivity index (χ1v) is 11.3. The quantitative estimate of drug-likeness (QED) is 0.729. The molecule has 2 aromatic heterocycles. The maximum atomic E-state index is 13.1. The molecule has 8 heteroatoms. The third-order valence-corrected chi connectivity index (χ3v) is 6.87. The van der Waals surface area contributed by atoms with E-state index in [0.29, 0.717) is 19.4 Å². The summed E-state index contributed by atoms with van der Waals surface area (Å²) in [4.78, 5) is 30.9. The van der Waals surface area contributed by atoms with Crippen molar-refractivity contribution in [3.63, 3.8) is 0 Å². The second kappa shape index (κ2) is 9.16. The number of piperidine rings is 1. The molecule has 1 saturated heterocycles. The molecule has 0 unspecified atom stereocenters. The zero-order chi connectivity index (χ0) is 21.8. The first-order valence-electron chi connectivity index (χ1n) is 11.3. The van der Waals surface area contributed by atoms with E-state index in [2.05, 4.69) is 15.3 Å². The van der Waals surface area contributed by atoms with Crippen LogP contribution >= 0.6 is 0 Å². The van der Waals surface area contributed by atoms with Gasteiger partial charge < -0.3 is 10.0 Å². The lowest BCUT2D eigenvalue weighted by Crippen LogP contribution is -2.56. The van der Waals surface area contributed by atoms with Crippen LogP contribution in [0, 0.1) is 12.3 Å². The van der Waals surface area contributed by atoms with Gasteiger partial charge in [0.15, 0.2) is 0 Å². The molecule has 2 atom stereocenters. The Kier molecular flexibility index (Phi) is 6.34. The Morgan fingerprint density at radius 3 is 2.81 bits per heavy atom. The molecule has 1 N–H and O–H groups in total. The summed E-state index contributed by atoms with van der Waals surface area (Å²) in [5, 5.41) is 17.8. The van der Waals surface area contributed by atoms with Gasteiger partial charge in [-0.15, -0.1) is 5.10 Å². The van der Waals surface area contributed by atoms with Crippen LogP contribution in [-0.2, 0) is 16.1 Å². The number of hydrogen-bond acceptors (Lipinski definition) is 5. The van der Waals surface area contributed by atoms with E-state index in [4.69, 9.17) is 0 Å². The minimum atomic E-state index is -0.744. The van der Waals surface area contributed by atoms with Gasteiger partial charge in [0.05, 0.1) is 18.3 Å². The summed E-state index contributed by atoms with van der Waals surface area (Å²) in [6.45, 7) is 3.35. The maximum Gasteiger partial charge on any atom is 0.303 e. The van der Waals surface area contributed by atoms with Gasteiger partial charge in [-0.05, 0) is 50.7 Å². The highest BCUT2D eigenvalue weighted by Crippen LogP contribution is 2.48. The Balaban J connectivity index is 1.34. The van der Waals surface area contributed by atoms with Gasteiger partial charge in [0.1, 0.15) is 5.69 Å². The third kappa shape index (κ3) is 4.78. The molecule has 1 saturated carbocycles. The minimum absolute atomic E-state index is 0.0733. The molecule has 0 radical (unpaired) electrons. The molecule has 2 fully saturated rings. The highest BCUT2D eigenvalue weighted by molar-refractivity contribution is 5.77. The number of amides is 1. The first kappa shape index (κ1) is 21.5. The number of likely N-dealkylation sites (tertiary alicyclic amines) is 1. The molecule has 0 aromatic carbocycles. The van der Waals surface area contributed by atoms with Gasteiger partial charge in [-0.2, -0.15) is 0 Å². The van der Waals surface area contributed by atoms with Gasteiger partial charge in [-0.3, -0.25) is 19.3 Å². The van der Waals surface area contributed by atoms with Crippen molar-refractivity contribution in [3.8, 4) is 11.4 Å². The van der Waals surface area contributed by atoms with Crippen molar-refractivity contribution in [2.24, 2.45) is 5.41 Å². The van der Waals surface area contributed by atoms with E-state index >= 15 is 0 Å². The van der Waals surface area contributed by atoms with Crippen LogP contribution in [0.4, 0.5) is 0 Å². The summed E-state index contributed by atoms with van der Waals surface area (Å²) < 4.78 is 1.76. The van der Waals surface area contributed by atoms with E-state index < -0.39 is 5.97 Å². The number of aryl methyl sites for hydroxylation is 2. The average molecular weight is 426 g/mol. The molecule has 0 spiro atoms.